The number of morpholine rings is 1. The Morgan fingerprint density at radius 2 is 2.28 bits per heavy atom. The minimum atomic E-state index is 0.427. The third-order valence-electron chi connectivity index (χ3n) is 4.14. The predicted molar refractivity (Wildman–Crippen MR) is 74.0 cm³/mol. The summed E-state index contributed by atoms with van der Waals surface area (Å²) in [4.78, 5) is 2.60. The number of fused-ring (bicyclic) bond motifs is 1. The van der Waals surface area contributed by atoms with Crippen LogP contribution in [0.25, 0.3) is 0 Å². The Labute approximate surface area is 109 Å². The van der Waals surface area contributed by atoms with Gasteiger partial charge < -0.3 is 10.1 Å². The third kappa shape index (κ3) is 2.38. The molecular formula is C15H22N2O. The van der Waals surface area contributed by atoms with Crippen LogP contribution in [-0.2, 0) is 11.2 Å². The van der Waals surface area contributed by atoms with Crippen molar-refractivity contribution in [3.8, 4) is 0 Å². The normalized spacial score (nSPS) is 28.5. The minimum Gasteiger partial charge on any atom is -0.383 e. The molecule has 18 heavy (non-hydrogen) atoms. The van der Waals surface area contributed by atoms with E-state index in [1.807, 2.05) is 0 Å². The van der Waals surface area contributed by atoms with Crippen molar-refractivity contribution < 1.29 is 4.74 Å². The van der Waals surface area contributed by atoms with E-state index >= 15 is 0 Å². The van der Waals surface area contributed by atoms with E-state index < -0.39 is 0 Å². The number of hydrogen-bond acceptors (Lipinski definition) is 3. The van der Waals surface area contributed by atoms with Crippen molar-refractivity contribution in [2.75, 3.05) is 31.6 Å². The van der Waals surface area contributed by atoms with Crippen molar-refractivity contribution in [1.29, 1.82) is 0 Å². The van der Waals surface area contributed by atoms with E-state index in [0.717, 1.165) is 32.7 Å². The molecule has 0 spiro atoms. The Kier molecular flexibility index (Phi) is 3.52. The van der Waals surface area contributed by atoms with E-state index in [1.165, 1.54) is 17.7 Å². The first-order valence-electron chi connectivity index (χ1n) is 7.04. The third-order valence-corrected chi connectivity index (χ3v) is 4.14. The Balaban J connectivity index is 1.68. The van der Waals surface area contributed by atoms with Gasteiger partial charge in [0.2, 0.25) is 0 Å². The molecule has 0 aromatic heterocycles. The highest BCUT2D eigenvalue weighted by Gasteiger charge is 2.28. The molecule has 1 saturated heterocycles. The Morgan fingerprint density at radius 1 is 1.39 bits per heavy atom. The van der Waals surface area contributed by atoms with E-state index in [-0.39, 0.29) is 0 Å². The lowest BCUT2D eigenvalue weighted by atomic mass is 9.98. The molecule has 3 nitrogen and oxygen atoms in total. The molecule has 0 bridgehead atoms. The van der Waals surface area contributed by atoms with Crippen molar-refractivity contribution in [3.63, 3.8) is 0 Å². The number of anilines is 1. The molecule has 1 N–H and O–H groups in total. The molecule has 2 atom stereocenters. The smallest absolute Gasteiger partial charge is 0.0700 e. The predicted octanol–water partition coefficient (Wildman–Crippen LogP) is 2.13. The lowest BCUT2D eigenvalue weighted by molar-refractivity contribution is -0.0429. The van der Waals surface area contributed by atoms with Gasteiger partial charge in [-0.3, -0.25) is 4.90 Å². The SMILES string of the molecule is CCC1CN(C2CNc3ccccc3C2)CCO1. The molecule has 1 fully saturated rings. The van der Waals surface area contributed by atoms with Crippen LogP contribution in [0.5, 0.6) is 0 Å². The highest BCUT2D eigenvalue weighted by Crippen LogP contribution is 2.24. The molecule has 3 rings (SSSR count). The van der Waals surface area contributed by atoms with E-state index in [9.17, 15) is 0 Å². The molecule has 0 saturated carbocycles. The number of nitrogens with one attached hydrogen (secondary N) is 1. The number of para-hydroxylation sites is 1. The maximum atomic E-state index is 5.76. The van der Waals surface area contributed by atoms with Crippen LogP contribution in [0.3, 0.4) is 0 Å². The van der Waals surface area contributed by atoms with Gasteiger partial charge in [0.1, 0.15) is 0 Å². The van der Waals surface area contributed by atoms with Crippen LogP contribution in [0, 0.1) is 0 Å². The second kappa shape index (κ2) is 5.29. The summed E-state index contributed by atoms with van der Waals surface area (Å²) in [5, 5.41) is 3.56. The summed E-state index contributed by atoms with van der Waals surface area (Å²) in [5.74, 6) is 0. The monoisotopic (exact) mass is 246 g/mol. The summed E-state index contributed by atoms with van der Waals surface area (Å²) < 4.78 is 5.76. The fourth-order valence-corrected chi connectivity index (χ4v) is 3.00. The summed E-state index contributed by atoms with van der Waals surface area (Å²) in [6.07, 6.45) is 2.71. The Hall–Kier alpha value is -1.06. The fourth-order valence-electron chi connectivity index (χ4n) is 3.00. The average Bonchev–Trinajstić information content (AvgIpc) is 2.47. The summed E-state index contributed by atoms with van der Waals surface area (Å²) in [7, 11) is 0. The molecule has 2 aliphatic heterocycles. The van der Waals surface area contributed by atoms with E-state index in [4.69, 9.17) is 4.74 Å². The second-order valence-electron chi connectivity index (χ2n) is 5.29. The van der Waals surface area contributed by atoms with Gasteiger partial charge in [0.25, 0.3) is 0 Å². The highest BCUT2D eigenvalue weighted by molar-refractivity contribution is 5.53. The molecule has 2 aliphatic rings. The van der Waals surface area contributed by atoms with Gasteiger partial charge in [-0.25, -0.2) is 0 Å². The lowest BCUT2D eigenvalue weighted by Gasteiger charge is -2.40. The van der Waals surface area contributed by atoms with Gasteiger partial charge in [-0.15, -0.1) is 0 Å². The van der Waals surface area contributed by atoms with Crippen LogP contribution in [0.4, 0.5) is 5.69 Å². The lowest BCUT2D eigenvalue weighted by Crippen LogP contribution is -2.51. The number of nitrogens with zero attached hydrogens (tertiary/aromatic N) is 1. The van der Waals surface area contributed by atoms with Crippen molar-refractivity contribution in [2.45, 2.75) is 31.9 Å². The van der Waals surface area contributed by atoms with Crippen LogP contribution in [-0.4, -0.2) is 43.3 Å². The molecule has 0 amide bonds. The average molecular weight is 246 g/mol. The quantitative estimate of drug-likeness (QED) is 0.865. The van der Waals surface area contributed by atoms with Crippen LogP contribution < -0.4 is 5.32 Å². The largest absolute Gasteiger partial charge is 0.383 e. The maximum Gasteiger partial charge on any atom is 0.0700 e. The maximum absolute atomic E-state index is 5.76. The number of ether oxygens (including phenoxy) is 1. The molecule has 1 aromatic rings. The molecular weight excluding hydrogens is 224 g/mol. The summed E-state index contributed by atoms with van der Waals surface area (Å²) in [5.41, 5.74) is 2.77. The standard InChI is InChI=1S/C15H22N2O/c1-2-14-11-17(7-8-18-14)13-9-12-5-3-4-6-15(12)16-10-13/h3-6,13-14,16H,2,7-11H2,1H3. The number of hydrogen-bond donors (Lipinski definition) is 1. The molecule has 2 unspecified atom stereocenters. The van der Waals surface area contributed by atoms with Crippen LogP contribution >= 0.6 is 0 Å². The summed E-state index contributed by atoms with van der Waals surface area (Å²) >= 11 is 0. The van der Waals surface area contributed by atoms with Gasteiger partial charge >= 0.3 is 0 Å². The number of benzene rings is 1. The Bertz CT molecular complexity index is 407. The second-order valence-corrected chi connectivity index (χ2v) is 5.29. The molecule has 1 aromatic carbocycles. The molecule has 0 radical (unpaired) electrons. The molecule has 3 heteroatoms. The summed E-state index contributed by atoms with van der Waals surface area (Å²) in [6, 6.07) is 9.29. The molecule has 0 aliphatic carbocycles. The fraction of sp³-hybridized carbons (Fsp3) is 0.600. The van der Waals surface area contributed by atoms with Crippen molar-refractivity contribution in [2.24, 2.45) is 0 Å². The van der Waals surface area contributed by atoms with Gasteiger partial charge in [0, 0.05) is 31.4 Å². The number of rotatable bonds is 2. The first-order valence-corrected chi connectivity index (χ1v) is 7.04. The first kappa shape index (κ1) is 12.0. The Morgan fingerprint density at radius 3 is 3.17 bits per heavy atom. The zero-order valence-electron chi connectivity index (χ0n) is 11.1. The van der Waals surface area contributed by atoms with Crippen molar-refractivity contribution >= 4 is 5.69 Å². The molecule has 98 valence electrons. The van der Waals surface area contributed by atoms with Crippen LogP contribution in [0.15, 0.2) is 24.3 Å². The van der Waals surface area contributed by atoms with E-state index in [0.29, 0.717) is 12.1 Å². The van der Waals surface area contributed by atoms with Gasteiger partial charge in [0.15, 0.2) is 0 Å². The van der Waals surface area contributed by atoms with Crippen LogP contribution in [0.1, 0.15) is 18.9 Å². The first-order chi connectivity index (χ1) is 8.86. The van der Waals surface area contributed by atoms with Crippen molar-refractivity contribution in [1.82, 2.24) is 4.90 Å². The van der Waals surface area contributed by atoms with Gasteiger partial charge in [-0.2, -0.15) is 0 Å². The van der Waals surface area contributed by atoms with Crippen molar-refractivity contribution in [3.05, 3.63) is 29.8 Å². The van der Waals surface area contributed by atoms with Gasteiger partial charge in [-0.05, 0) is 24.5 Å². The zero-order valence-corrected chi connectivity index (χ0v) is 11.1. The topological polar surface area (TPSA) is 24.5 Å². The zero-order chi connectivity index (χ0) is 12.4. The summed E-state index contributed by atoms with van der Waals surface area (Å²) in [6.45, 7) is 6.32. The van der Waals surface area contributed by atoms with E-state index in [1.54, 1.807) is 0 Å². The highest BCUT2D eigenvalue weighted by atomic mass is 16.5. The van der Waals surface area contributed by atoms with Gasteiger partial charge in [0.05, 0.1) is 12.7 Å². The minimum absolute atomic E-state index is 0.427. The van der Waals surface area contributed by atoms with E-state index in [2.05, 4.69) is 41.4 Å². The van der Waals surface area contributed by atoms with Crippen LogP contribution in [0.2, 0.25) is 0 Å². The van der Waals surface area contributed by atoms with Gasteiger partial charge in [-0.1, -0.05) is 25.1 Å². The molecule has 2 heterocycles.